The lowest BCUT2D eigenvalue weighted by molar-refractivity contribution is -0.394. The van der Waals surface area contributed by atoms with Gasteiger partial charge in [-0.3, -0.25) is 35.1 Å². The van der Waals surface area contributed by atoms with E-state index in [9.17, 15) is 34.6 Å². The largest absolute Gasteiger partial charge is 0.490 e. The van der Waals surface area contributed by atoms with Crippen molar-refractivity contribution in [1.29, 1.82) is 0 Å². The number of ether oxygens (including phenoxy) is 2. The first kappa shape index (κ1) is 27.7. The van der Waals surface area contributed by atoms with Gasteiger partial charge >= 0.3 is 11.7 Å². The summed E-state index contributed by atoms with van der Waals surface area (Å²) >= 11 is 6.15. The van der Waals surface area contributed by atoms with Crippen LogP contribution in [0.15, 0.2) is 60.2 Å². The van der Waals surface area contributed by atoms with Crippen molar-refractivity contribution in [3.8, 4) is 17.2 Å². The van der Waals surface area contributed by atoms with E-state index in [0.29, 0.717) is 16.1 Å². The zero-order valence-corrected chi connectivity index (χ0v) is 21.6. The van der Waals surface area contributed by atoms with Crippen molar-refractivity contribution in [3.05, 3.63) is 96.5 Å². The fourth-order valence-electron chi connectivity index (χ4n) is 3.82. The van der Waals surface area contributed by atoms with Crippen molar-refractivity contribution in [3.63, 3.8) is 0 Å². The Bertz CT molecular complexity index is 1620. The van der Waals surface area contributed by atoms with Gasteiger partial charge in [-0.05, 0) is 61.4 Å². The molecule has 4 rings (SSSR count). The molecule has 0 aliphatic carbocycles. The van der Waals surface area contributed by atoms with Crippen LogP contribution in [0.1, 0.15) is 18.1 Å². The number of hydrogen-bond donors (Lipinski definition) is 1. The van der Waals surface area contributed by atoms with Crippen molar-refractivity contribution in [2.75, 3.05) is 11.5 Å². The van der Waals surface area contributed by atoms with Gasteiger partial charge in [-0.1, -0.05) is 23.7 Å². The first-order valence-electron chi connectivity index (χ1n) is 11.6. The van der Waals surface area contributed by atoms with Gasteiger partial charge in [0.15, 0.2) is 11.5 Å². The van der Waals surface area contributed by atoms with Crippen molar-refractivity contribution >= 4 is 52.6 Å². The van der Waals surface area contributed by atoms with Gasteiger partial charge in [0.25, 0.3) is 17.5 Å². The van der Waals surface area contributed by atoms with E-state index in [4.69, 9.17) is 21.1 Å². The number of imide groups is 2. The second-order valence-corrected chi connectivity index (χ2v) is 8.66. The molecular formula is C26H19ClN4O9. The van der Waals surface area contributed by atoms with Gasteiger partial charge in [0.2, 0.25) is 5.75 Å². The molecule has 1 heterocycles. The summed E-state index contributed by atoms with van der Waals surface area (Å²) in [5.41, 5.74) is -0.486. The molecule has 0 aromatic heterocycles. The van der Waals surface area contributed by atoms with Crippen LogP contribution in [0.3, 0.4) is 0 Å². The average molecular weight is 567 g/mol. The molecule has 40 heavy (non-hydrogen) atoms. The Morgan fingerprint density at radius 1 is 0.975 bits per heavy atom. The highest BCUT2D eigenvalue weighted by Crippen LogP contribution is 2.39. The summed E-state index contributed by atoms with van der Waals surface area (Å²) in [6.07, 6.45) is 1.25. The number of halogens is 1. The molecule has 1 N–H and O–H groups in total. The van der Waals surface area contributed by atoms with Crippen LogP contribution in [-0.2, 0) is 9.59 Å². The van der Waals surface area contributed by atoms with Gasteiger partial charge < -0.3 is 9.47 Å². The van der Waals surface area contributed by atoms with E-state index >= 15 is 0 Å². The highest BCUT2D eigenvalue weighted by Gasteiger charge is 2.37. The molecule has 0 radical (unpaired) electrons. The summed E-state index contributed by atoms with van der Waals surface area (Å²) in [6, 6.07) is 10.9. The van der Waals surface area contributed by atoms with Gasteiger partial charge in [-0.2, -0.15) is 0 Å². The molecule has 1 saturated heterocycles. The first-order valence-corrected chi connectivity index (χ1v) is 11.9. The molecule has 1 aliphatic heterocycles. The van der Waals surface area contributed by atoms with Crippen LogP contribution in [0.5, 0.6) is 17.2 Å². The smallest absolute Gasteiger partial charge is 0.335 e. The van der Waals surface area contributed by atoms with Gasteiger partial charge in [0.05, 0.1) is 28.2 Å². The lowest BCUT2D eigenvalue weighted by Gasteiger charge is -2.27. The summed E-state index contributed by atoms with van der Waals surface area (Å²) in [5.74, 6) is -1.92. The third-order valence-electron chi connectivity index (χ3n) is 5.73. The highest BCUT2D eigenvalue weighted by molar-refractivity contribution is 6.40. The molecule has 1 fully saturated rings. The van der Waals surface area contributed by atoms with E-state index in [0.717, 1.165) is 23.1 Å². The Kier molecular flexibility index (Phi) is 7.77. The van der Waals surface area contributed by atoms with Crippen molar-refractivity contribution in [2.24, 2.45) is 0 Å². The topological polar surface area (TPSA) is 171 Å². The molecule has 0 saturated carbocycles. The number of urea groups is 1. The Hall–Kier alpha value is -5.30. The number of nitro groups is 2. The molecule has 3 aromatic rings. The predicted octanol–water partition coefficient (Wildman–Crippen LogP) is 5.32. The zero-order valence-electron chi connectivity index (χ0n) is 20.9. The second kappa shape index (κ2) is 11.2. The van der Waals surface area contributed by atoms with Crippen LogP contribution in [-0.4, -0.2) is 34.3 Å². The Morgan fingerprint density at radius 2 is 1.70 bits per heavy atom. The van der Waals surface area contributed by atoms with Crippen LogP contribution >= 0.6 is 11.6 Å². The number of barbiturate groups is 1. The molecule has 4 amide bonds. The van der Waals surface area contributed by atoms with Gasteiger partial charge in [-0.15, -0.1) is 0 Å². The number of rotatable bonds is 8. The molecule has 204 valence electrons. The van der Waals surface area contributed by atoms with Crippen molar-refractivity contribution in [1.82, 2.24) is 5.32 Å². The number of anilines is 1. The number of nitrogens with one attached hydrogen (secondary N) is 1. The molecule has 14 heteroatoms. The van der Waals surface area contributed by atoms with Crippen LogP contribution in [0.4, 0.5) is 21.9 Å². The van der Waals surface area contributed by atoms with E-state index in [2.05, 4.69) is 5.32 Å². The van der Waals surface area contributed by atoms with Gasteiger partial charge in [0, 0.05) is 11.1 Å². The third kappa shape index (κ3) is 5.44. The lowest BCUT2D eigenvalue weighted by atomic mass is 10.1. The fraction of sp³-hybridized carbons (Fsp3) is 0.115. The highest BCUT2D eigenvalue weighted by atomic mass is 35.5. The maximum atomic E-state index is 13.3. The summed E-state index contributed by atoms with van der Waals surface area (Å²) in [4.78, 5) is 60.2. The standard InChI is InChI=1S/C26H19ClN4O9/c1-3-39-23-12-15(7-9-22(23)40-21-10-8-16(30(35)36)13-20(21)31(37)38)11-17-24(32)28-26(34)29(25(17)33)19-6-4-5-18(27)14(19)2/h4-13H,3H2,1-2H3,(H,28,32,34)/b17-11+. The number of non-ortho nitro benzene ring substituents is 1. The van der Waals surface area contributed by atoms with Crippen LogP contribution in [0.2, 0.25) is 5.02 Å². The minimum Gasteiger partial charge on any atom is -0.490 e. The maximum Gasteiger partial charge on any atom is 0.335 e. The minimum atomic E-state index is -0.930. The zero-order chi connectivity index (χ0) is 29.1. The Balaban J connectivity index is 1.71. The number of nitrogens with zero attached hydrogens (tertiary/aromatic N) is 3. The molecule has 0 bridgehead atoms. The summed E-state index contributed by atoms with van der Waals surface area (Å²) < 4.78 is 11.3. The average Bonchev–Trinajstić information content (AvgIpc) is 2.90. The number of carbonyl (C=O) groups is 3. The van der Waals surface area contributed by atoms with E-state index in [-0.39, 0.29) is 35.1 Å². The minimum absolute atomic E-state index is 0.0340. The van der Waals surface area contributed by atoms with Gasteiger partial charge in [0.1, 0.15) is 5.57 Å². The number of benzene rings is 3. The fourth-order valence-corrected chi connectivity index (χ4v) is 3.98. The maximum absolute atomic E-state index is 13.3. The number of amides is 4. The molecular weight excluding hydrogens is 548 g/mol. The quantitative estimate of drug-likeness (QED) is 0.164. The van der Waals surface area contributed by atoms with E-state index in [1.54, 1.807) is 26.0 Å². The van der Waals surface area contributed by atoms with Crippen molar-refractivity contribution < 1.29 is 33.7 Å². The SMILES string of the molecule is CCOc1cc(/C=C2\C(=O)NC(=O)N(c3cccc(Cl)c3C)C2=O)ccc1Oc1ccc([N+](=O)[O-])cc1[N+](=O)[O-]. The molecule has 0 spiro atoms. The summed E-state index contributed by atoms with van der Waals surface area (Å²) in [7, 11) is 0. The first-order chi connectivity index (χ1) is 19.0. The predicted molar refractivity (Wildman–Crippen MR) is 143 cm³/mol. The molecule has 13 nitrogen and oxygen atoms in total. The van der Waals surface area contributed by atoms with Crippen LogP contribution in [0, 0.1) is 27.2 Å². The number of nitro benzene ring substituents is 2. The van der Waals surface area contributed by atoms with E-state index in [1.165, 1.54) is 30.3 Å². The molecule has 0 unspecified atom stereocenters. The second-order valence-electron chi connectivity index (χ2n) is 8.25. The molecule has 0 atom stereocenters. The van der Waals surface area contributed by atoms with Crippen LogP contribution in [0.25, 0.3) is 6.08 Å². The van der Waals surface area contributed by atoms with E-state index in [1.807, 2.05) is 0 Å². The number of hydrogen-bond acceptors (Lipinski definition) is 9. The Morgan fingerprint density at radius 3 is 2.38 bits per heavy atom. The van der Waals surface area contributed by atoms with Gasteiger partial charge in [-0.25, -0.2) is 9.69 Å². The number of carbonyl (C=O) groups excluding carboxylic acids is 3. The summed E-state index contributed by atoms with van der Waals surface area (Å²) in [5, 5.41) is 25.0. The molecule has 3 aromatic carbocycles. The monoisotopic (exact) mass is 566 g/mol. The van der Waals surface area contributed by atoms with Crippen molar-refractivity contribution in [2.45, 2.75) is 13.8 Å². The summed E-state index contributed by atoms with van der Waals surface area (Å²) in [6.45, 7) is 3.47. The normalized spacial score (nSPS) is 14.2. The van der Waals surface area contributed by atoms with E-state index < -0.39 is 39.1 Å². The lowest BCUT2D eigenvalue weighted by Crippen LogP contribution is -2.54. The molecule has 1 aliphatic rings. The Labute approximate surface area is 230 Å². The van der Waals surface area contributed by atoms with Crippen LogP contribution < -0.4 is 19.7 Å². The third-order valence-corrected chi connectivity index (χ3v) is 6.14.